The van der Waals surface area contributed by atoms with Crippen LogP contribution in [-0.4, -0.2) is 25.0 Å². The summed E-state index contributed by atoms with van der Waals surface area (Å²) in [4.78, 5) is 14.1. The van der Waals surface area contributed by atoms with Crippen molar-refractivity contribution < 1.29 is 4.79 Å². The molecule has 1 unspecified atom stereocenters. The van der Waals surface area contributed by atoms with Crippen molar-refractivity contribution in [3.05, 3.63) is 29.3 Å². The molecule has 1 aliphatic heterocycles. The van der Waals surface area contributed by atoms with E-state index in [0.717, 1.165) is 18.8 Å². The van der Waals surface area contributed by atoms with E-state index in [4.69, 9.17) is 0 Å². The highest BCUT2D eigenvalue weighted by atomic mass is 16.2. The van der Waals surface area contributed by atoms with Gasteiger partial charge in [-0.3, -0.25) is 4.79 Å². The van der Waals surface area contributed by atoms with Crippen LogP contribution in [0, 0.1) is 6.92 Å². The summed E-state index contributed by atoms with van der Waals surface area (Å²) in [6.45, 7) is 10.2. The van der Waals surface area contributed by atoms with Crippen molar-refractivity contribution >= 4 is 11.6 Å². The Labute approximate surface area is 116 Å². The van der Waals surface area contributed by atoms with Gasteiger partial charge < -0.3 is 10.2 Å². The molecule has 3 nitrogen and oxygen atoms in total. The van der Waals surface area contributed by atoms with Crippen LogP contribution in [0.25, 0.3) is 0 Å². The predicted octanol–water partition coefficient (Wildman–Crippen LogP) is 2.83. The lowest BCUT2D eigenvalue weighted by Gasteiger charge is -2.21. The second-order valence-corrected chi connectivity index (χ2v) is 5.66. The molecule has 0 aliphatic carbocycles. The van der Waals surface area contributed by atoms with Crippen molar-refractivity contribution in [3.8, 4) is 0 Å². The lowest BCUT2D eigenvalue weighted by Crippen LogP contribution is -2.32. The summed E-state index contributed by atoms with van der Waals surface area (Å²) in [6, 6.07) is 6.75. The van der Waals surface area contributed by atoms with E-state index in [2.05, 4.69) is 51.2 Å². The normalized spacial score (nSPS) is 19.5. The zero-order valence-corrected chi connectivity index (χ0v) is 12.4. The summed E-state index contributed by atoms with van der Waals surface area (Å²) < 4.78 is 0. The molecule has 0 aromatic heterocycles. The fourth-order valence-corrected chi connectivity index (χ4v) is 2.64. The average molecular weight is 260 g/mol. The predicted molar refractivity (Wildman–Crippen MR) is 79.7 cm³/mol. The van der Waals surface area contributed by atoms with Gasteiger partial charge >= 0.3 is 0 Å². The number of hydrogen-bond donors (Lipinski definition) is 1. The average Bonchev–Trinajstić information content (AvgIpc) is 2.71. The zero-order valence-electron chi connectivity index (χ0n) is 12.4. The highest BCUT2D eigenvalue weighted by Crippen LogP contribution is 2.28. The van der Waals surface area contributed by atoms with E-state index in [1.54, 1.807) is 0 Å². The first-order valence-electron chi connectivity index (χ1n) is 7.17. The van der Waals surface area contributed by atoms with E-state index in [-0.39, 0.29) is 5.91 Å². The maximum Gasteiger partial charge on any atom is 0.228 e. The molecule has 1 aromatic rings. The van der Waals surface area contributed by atoms with E-state index in [9.17, 15) is 4.79 Å². The molecule has 2 rings (SSSR count). The molecule has 1 amide bonds. The Hall–Kier alpha value is -1.35. The maximum atomic E-state index is 12.2. The van der Waals surface area contributed by atoms with Crippen molar-refractivity contribution in [2.75, 3.05) is 18.0 Å². The van der Waals surface area contributed by atoms with Crippen molar-refractivity contribution in [3.63, 3.8) is 0 Å². The van der Waals surface area contributed by atoms with Gasteiger partial charge in [-0.1, -0.05) is 32.9 Å². The summed E-state index contributed by atoms with van der Waals surface area (Å²) in [6.07, 6.45) is 0.610. The van der Waals surface area contributed by atoms with Crippen molar-refractivity contribution in [2.24, 2.45) is 0 Å². The standard InChI is InChI=1S/C16H24N2O/c1-5-17-14-9-16(19)18(10-14)15-8-13(11(2)3)7-6-12(15)4/h6-8,11,14,17H,5,9-10H2,1-4H3. The van der Waals surface area contributed by atoms with E-state index in [1.807, 2.05) is 4.90 Å². The van der Waals surface area contributed by atoms with Gasteiger partial charge in [0.25, 0.3) is 0 Å². The van der Waals surface area contributed by atoms with Gasteiger partial charge in [0.1, 0.15) is 0 Å². The number of carbonyl (C=O) groups is 1. The highest BCUT2D eigenvalue weighted by Gasteiger charge is 2.30. The number of rotatable bonds is 4. The van der Waals surface area contributed by atoms with E-state index >= 15 is 0 Å². The molecule has 1 N–H and O–H groups in total. The summed E-state index contributed by atoms with van der Waals surface area (Å²) in [5.74, 6) is 0.719. The Morgan fingerprint density at radius 1 is 1.42 bits per heavy atom. The number of carbonyl (C=O) groups excluding carboxylic acids is 1. The fraction of sp³-hybridized carbons (Fsp3) is 0.562. The van der Waals surface area contributed by atoms with Gasteiger partial charge in [-0.2, -0.15) is 0 Å². The fourth-order valence-electron chi connectivity index (χ4n) is 2.64. The molecule has 1 fully saturated rings. The molecule has 104 valence electrons. The Morgan fingerprint density at radius 2 is 2.16 bits per heavy atom. The largest absolute Gasteiger partial charge is 0.312 e. The molecule has 0 bridgehead atoms. The summed E-state index contributed by atoms with van der Waals surface area (Å²) in [5.41, 5.74) is 3.55. The van der Waals surface area contributed by atoms with Crippen molar-refractivity contribution in [1.29, 1.82) is 0 Å². The van der Waals surface area contributed by atoms with Gasteiger partial charge in [0.15, 0.2) is 0 Å². The highest BCUT2D eigenvalue weighted by molar-refractivity contribution is 5.97. The smallest absolute Gasteiger partial charge is 0.228 e. The zero-order chi connectivity index (χ0) is 14.0. The topological polar surface area (TPSA) is 32.3 Å². The first-order chi connectivity index (χ1) is 9.02. The minimum Gasteiger partial charge on any atom is -0.312 e. The Morgan fingerprint density at radius 3 is 2.79 bits per heavy atom. The van der Waals surface area contributed by atoms with Gasteiger partial charge in [-0.05, 0) is 36.6 Å². The molecule has 1 saturated heterocycles. The molecule has 1 heterocycles. The molecule has 19 heavy (non-hydrogen) atoms. The number of aryl methyl sites for hydroxylation is 1. The molecule has 3 heteroatoms. The first-order valence-corrected chi connectivity index (χ1v) is 7.17. The second-order valence-electron chi connectivity index (χ2n) is 5.66. The Balaban J connectivity index is 2.26. The monoisotopic (exact) mass is 260 g/mol. The number of anilines is 1. The van der Waals surface area contributed by atoms with Crippen LogP contribution in [0.2, 0.25) is 0 Å². The minimum absolute atomic E-state index is 0.231. The van der Waals surface area contributed by atoms with Crippen LogP contribution in [0.4, 0.5) is 5.69 Å². The van der Waals surface area contributed by atoms with Crippen LogP contribution in [0.5, 0.6) is 0 Å². The van der Waals surface area contributed by atoms with Crippen LogP contribution in [-0.2, 0) is 4.79 Å². The van der Waals surface area contributed by atoms with Crippen LogP contribution in [0.15, 0.2) is 18.2 Å². The first kappa shape index (κ1) is 14.1. The molecular weight excluding hydrogens is 236 g/mol. The minimum atomic E-state index is 0.231. The number of nitrogens with one attached hydrogen (secondary N) is 1. The molecule has 1 atom stereocenters. The third kappa shape index (κ3) is 2.98. The number of likely N-dealkylation sites (N-methyl/N-ethyl adjacent to an activating group) is 1. The van der Waals surface area contributed by atoms with Gasteiger partial charge in [-0.15, -0.1) is 0 Å². The number of nitrogens with zero attached hydrogens (tertiary/aromatic N) is 1. The third-order valence-electron chi connectivity index (χ3n) is 3.81. The second kappa shape index (κ2) is 5.74. The van der Waals surface area contributed by atoms with Crippen LogP contribution in [0.3, 0.4) is 0 Å². The lowest BCUT2D eigenvalue weighted by atomic mass is 10.0. The summed E-state index contributed by atoms with van der Waals surface area (Å²) >= 11 is 0. The summed E-state index contributed by atoms with van der Waals surface area (Å²) in [7, 11) is 0. The SMILES string of the molecule is CCNC1CC(=O)N(c2cc(C(C)C)ccc2C)C1. The van der Waals surface area contributed by atoms with Crippen LogP contribution < -0.4 is 10.2 Å². The van der Waals surface area contributed by atoms with E-state index in [1.165, 1.54) is 11.1 Å². The molecule has 1 aliphatic rings. The van der Waals surface area contributed by atoms with Crippen molar-refractivity contribution in [1.82, 2.24) is 5.32 Å². The molecule has 0 saturated carbocycles. The van der Waals surface area contributed by atoms with Crippen LogP contribution >= 0.6 is 0 Å². The van der Waals surface area contributed by atoms with Gasteiger partial charge in [0.2, 0.25) is 5.91 Å². The van der Waals surface area contributed by atoms with E-state index < -0.39 is 0 Å². The number of benzene rings is 1. The third-order valence-corrected chi connectivity index (χ3v) is 3.81. The summed E-state index contributed by atoms with van der Waals surface area (Å²) in [5, 5.41) is 3.37. The lowest BCUT2D eigenvalue weighted by molar-refractivity contribution is -0.117. The van der Waals surface area contributed by atoms with Crippen molar-refractivity contribution in [2.45, 2.75) is 46.1 Å². The molecular formula is C16H24N2O. The molecule has 1 aromatic carbocycles. The number of amides is 1. The Kier molecular flexibility index (Phi) is 4.25. The Bertz CT molecular complexity index is 468. The van der Waals surface area contributed by atoms with Gasteiger partial charge in [0, 0.05) is 24.7 Å². The molecule has 0 radical (unpaired) electrons. The van der Waals surface area contributed by atoms with Gasteiger partial charge in [-0.25, -0.2) is 0 Å². The van der Waals surface area contributed by atoms with E-state index in [0.29, 0.717) is 18.4 Å². The van der Waals surface area contributed by atoms with Gasteiger partial charge in [0.05, 0.1) is 0 Å². The quantitative estimate of drug-likeness (QED) is 0.903. The maximum absolute atomic E-state index is 12.2. The number of hydrogen-bond acceptors (Lipinski definition) is 2. The van der Waals surface area contributed by atoms with Crippen LogP contribution in [0.1, 0.15) is 44.2 Å². The molecule has 0 spiro atoms.